The van der Waals surface area contributed by atoms with Gasteiger partial charge in [0.05, 0.1) is 6.54 Å². The normalized spacial score (nSPS) is 10.8. The molecule has 1 N–H and O–H groups in total. The molecule has 158 valence electrons. The molecule has 0 fully saturated rings. The van der Waals surface area contributed by atoms with Crippen molar-refractivity contribution in [2.24, 2.45) is 0 Å². The number of amides is 1. The summed E-state index contributed by atoms with van der Waals surface area (Å²) in [5.74, 6) is 0.842. The first-order valence-electron chi connectivity index (χ1n) is 9.80. The van der Waals surface area contributed by atoms with Gasteiger partial charge in [-0.1, -0.05) is 41.9 Å². The zero-order chi connectivity index (χ0) is 21.8. The molecule has 0 spiro atoms. The second-order valence-corrected chi connectivity index (χ2v) is 7.60. The fourth-order valence-corrected chi connectivity index (χ4v) is 3.19. The Balaban J connectivity index is 1.36. The number of aryl methyl sites for hydroxylation is 2. The third-order valence-corrected chi connectivity index (χ3v) is 5.19. The first kappa shape index (κ1) is 20.7. The summed E-state index contributed by atoms with van der Waals surface area (Å²) in [6, 6.07) is 18.9. The fourth-order valence-electron chi connectivity index (χ4n) is 3.07. The quantitative estimate of drug-likeness (QED) is 0.457. The van der Waals surface area contributed by atoms with Gasteiger partial charge in [0.15, 0.2) is 18.2 Å². The van der Waals surface area contributed by atoms with E-state index in [2.05, 4.69) is 15.5 Å². The van der Waals surface area contributed by atoms with E-state index < -0.39 is 0 Å². The number of carbonyl (C=O) groups is 1. The van der Waals surface area contributed by atoms with Crippen LogP contribution in [0.2, 0.25) is 5.02 Å². The lowest BCUT2D eigenvalue weighted by Gasteiger charge is -2.07. The van der Waals surface area contributed by atoms with Crippen LogP contribution in [0.4, 0.5) is 5.82 Å². The Bertz CT molecular complexity index is 1200. The average molecular weight is 436 g/mol. The lowest BCUT2D eigenvalue weighted by molar-refractivity contribution is 0.101. The molecule has 2 aromatic heterocycles. The number of anilines is 1. The van der Waals surface area contributed by atoms with Crippen LogP contribution in [0.25, 0.3) is 0 Å². The molecule has 0 atom stereocenters. The minimum absolute atomic E-state index is 0.180. The molecule has 4 aromatic rings. The largest absolute Gasteiger partial charge is 0.471 e. The molecule has 0 saturated carbocycles. The third-order valence-electron chi connectivity index (χ3n) is 4.76. The molecule has 0 aliphatic rings. The van der Waals surface area contributed by atoms with Crippen molar-refractivity contribution in [3.8, 4) is 5.75 Å². The molecule has 4 rings (SSSR count). The summed E-state index contributed by atoms with van der Waals surface area (Å²) in [4.78, 5) is 12.6. The first-order valence-corrected chi connectivity index (χ1v) is 10.2. The molecule has 0 aliphatic carbocycles. The van der Waals surface area contributed by atoms with Gasteiger partial charge >= 0.3 is 0 Å². The van der Waals surface area contributed by atoms with Crippen LogP contribution in [0.3, 0.4) is 0 Å². The predicted octanol–water partition coefficient (Wildman–Crippen LogP) is 4.69. The second kappa shape index (κ2) is 9.06. The molecule has 1 amide bonds. The number of halogens is 1. The standard InChI is InChI=1S/C23H22ClN5O2/c1-16-12-19(8-9-20(16)24)31-15-28-11-10-21(26-28)23(30)25-22-13-17(2)29(27-22)14-18-6-4-3-5-7-18/h3-13H,14-15H2,1-2H3,(H,25,27,30). The predicted molar refractivity (Wildman–Crippen MR) is 120 cm³/mol. The summed E-state index contributed by atoms with van der Waals surface area (Å²) in [6.45, 7) is 4.68. The number of carbonyl (C=O) groups excluding carboxylic acids is 1. The van der Waals surface area contributed by atoms with Gasteiger partial charge in [0.1, 0.15) is 5.75 Å². The first-order chi connectivity index (χ1) is 15.0. The van der Waals surface area contributed by atoms with Crippen LogP contribution in [0.1, 0.15) is 27.3 Å². The maximum absolute atomic E-state index is 12.6. The van der Waals surface area contributed by atoms with E-state index in [1.165, 1.54) is 0 Å². The second-order valence-electron chi connectivity index (χ2n) is 7.19. The Morgan fingerprint density at radius 1 is 1.06 bits per heavy atom. The number of ether oxygens (including phenoxy) is 1. The van der Waals surface area contributed by atoms with E-state index in [9.17, 15) is 4.79 Å². The molecule has 31 heavy (non-hydrogen) atoms. The number of rotatable bonds is 7. The van der Waals surface area contributed by atoms with E-state index in [0.717, 1.165) is 16.8 Å². The molecule has 0 aliphatic heterocycles. The smallest absolute Gasteiger partial charge is 0.277 e. The molecule has 2 aromatic carbocycles. The maximum Gasteiger partial charge on any atom is 0.277 e. The fraction of sp³-hybridized carbons (Fsp3) is 0.174. The van der Waals surface area contributed by atoms with Crippen molar-refractivity contribution in [2.45, 2.75) is 27.1 Å². The van der Waals surface area contributed by atoms with Crippen LogP contribution in [0, 0.1) is 13.8 Å². The molecule has 7 nitrogen and oxygen atoms in total. The number of benzene rings is 2. The Labute approximate surface area is 185 Å². The van der Waals surface area contributed by atoms with Crippen molar-refractivity contribution in [1.82, 2.24) is 19.6 Å². The number of nitrogens with one attached hydrogen (secondary N) is 1. The van der Waals surface area contributed by atoms with Gasteiger partial charge in [0.2, 0.25) is 0 Å². The number of hydrogen-bond donors (Lipinski definition) is 1. The maximum atomic E-state index is 12.6. The Morgan fingerprint density at radius 3 is 2.65 bits per heavy atom. The van der Waals surface area contributed by atoms with Crippen molar-refractivity contribution in [3.63, 3.8) is 0 Å². The van der Waals surface area contributed by atoms with Gasteiger partial charge in [-0.05, 0) is 49.2 Å². The summed E-state index contributed by atoms with van der Waals surface area (Å²) in [7, 11) is 0. The lowest BCUT2D eigenvalue weighted by Crippen LogP contribution is -2.15. The van der Waals surface area contributed by atoms with Crippen molar-refractivity contribution in [1.29, 1.82) is 0 Å². The van der Waals surface area contributed by atoms with Gasteiger partial charge in [-0.25, -0.2) is 4.68 Å². The number of aromatic nitrogens is 4. The number of nitrogens with zero attached hydrogens (tertiary/aromatic N) is 4. The van der Waals surface area contributed by atoms with Crippen LogP contribution in [-0.4, -0.2) is 25.5 Å². The highest BCUT2D eigenvalue weighted by molar-refractivity contribution is 6.31. The SMILES string of the molecule is Cc1cc(OCn2ccc(C(=O)Nc3cc(C)n(Cc4ccccc4)n3)n2)ccc1Cl. The molecule has 0 unspecified atom stereocenters. The monoisotopic (exact) mass is 435 g/mol. The van der Waals surface area contributed by atoms with Gasteiger partial charge < -0.3 is 10.1 Å². The number of hydrogen-bond acceptors (Lipinski definition) is 4. The summed E-state index contributed by atoms with van der Waals surface area (Å²) in [5.41, 5.74) is 3.31. The molecule has 0 bridgehead atoms. The van der Waals surface area contributed by atoms with Gasteiger partial charge in [-0.2, -0.15) is 10.2 Å². The van der Waals surface area contributed by atoms with Crippen molar-refractivity contribution in [3.05, 3.63) is 94.4 Å². The molecule has 0 saturated heterocycles. The zero-order valence-electron chi connectivity index (χ0n) is 17.2. The third kappa shape index (κ3) is 5.13. The van der Waals surface area contributed by atoms with Crippen molar-refractivity contribution < 1.29 is 9.53 Å². The summed E-state index contributed by atoms with van der Waals surface area (Å²) < 4.78 is 9.12. The topological polar surface area (TPSA) is 74.0 Å². The molecular formula is C23H22ClN5O2. The van der Waals surface area contributed by atoms with Gasteiger partial charge in [-0.15, -0.1) is 0 Å². The summed E-state index contributed by atoms with van der Waals surface area (Å²) >= 11 is 6.03. The van der Waals surface area contributed by atoms with E-state index in [1.54, 1.807) is 29.1 Å². The van der Waals surface area contributed by atoms with Crippen molar-refractivity contribution >= 4 is 23.3 Å². The highest BCUT2D eigenvalue weighted by Gasteiger charge is 2.13. The highest BCUT2D eigenvalue weighted by atomic mass is 35.5. The molecule has 8 heteroatoms. The minimum atomic E-state index is -0.328. The average Bonchev–Trinajstić information content (AvgIpc) is 3.36. The van der Waals surface area contributed by atoms with Gasteiger partial charge in [-0.3, -0.25) is 9.48 Å². The van der Waals surface area contributed by atoms with Crippen molar-refractivity contribution in [2.75, 3.05) is 5.32 Å². The Hall–Kier alpha value is -3.58. The lowest BCUT2D eigenvalue weighted by atomic mass is 10.2. The minimum Gasteiger partial charge on any atom is -0.471 e. The van der Waals surface area contributed by atoms with Crippen LogP contribution in [0.15, 0.2) is 66.9 Å². The molecular weight excluding hydrogens is 414 g/mol. The van der Waals surface area contributed by atoms with E-state index in [0.29, 0.717) is 23.1 Å². The van der Waals surface area contributed by atoms with Gasteiger partial charge in [0, 0.05) is 23.0 Å². The van der Waals surface area contributed by atoms with Crippen LogP contribution in [-0.2, 0) is 13.3 Å². The Morgan fingerprint density at radius 2 is 1.87 bits per heavy atom. The van der Waals surface area contributed by atoms with E-state index >= 15 is 0 Å². The van der Waals surface area contributed by atoms with Crippen LogP contribution in [0.5, 0.6) is 5.75 Å². The van der Waals surface area contributed by atoms with Crippen LogP contribution < -0.4 is 10.1 Å². The Kier molecular flexibility index (Phi) is 6.04. The van der Waals surface area contributed by atoms with Crippen LogP contribution >= 0.6 is 11.6 Å². The molecule has 2 heterocycles. The van der Waals surface area contributed by atoms with E-state index in [1.807, 2.05) is 61.0 Å². The van der Waals surface area contributed by atoms with Gasteiger partial charge in [0.25, 0.3) is 5.91 Å². The zero-order valence-corrected chi connectivity index (χ0v) is 18.0. The van der Waals surface area contributed by atoms with E-state index in [-0.39, 0.29) is 18.3 Å². The highest BCUT2D eigenvalue weighted by Crippen LogP contribution is 2.21. The van der Waals surface area contributed by atoms with E-state index in [4.69, 9.17) is 16.3 Å². The summed E-state index contributed by atoms with van der Waals surface area (Å²) in [5, 5.41) is 12.3. The summed E-state index contributed by atoms with van der Waals surface area (Å²) in [6.07, 6.45) is 1.69. The molecule has 0 radical (unpaired) electrons.